The number of carbonyl (C=O) groups is 2. The second kappa shape index (κ2) is 7.00. The van der Waals surface area contributed by atoms with E-state index in [1.54, 1.807) is 6.07 Å². The van der Waals surface area contributed by atoms with Crippen molar-refractivity contribution in [1.82, 2.24) is 5.32 Å². The molecule has 0 spiro atoms. The van der Waals surface area contributed by atoms with Crippen LogP contribution in [0.25, 0.3) is 0 Å². The maximum Gasteiger partial charge on any atom is 0.305 e. The molecule has 5 nitrogen and oxygen atoms in total. The Bertz CT molecular complexity index is 448. The minimum Gasteiger partial charge on any atom is -0.507 e. The number of rotatable bonds is 5. The molecule has 0 aromatic heterocycles. The standard InChI is InChI=1S/C12H14BrNO4/c1-18-11(16)3-2-6-14-12(17)9-7-8(13)4-5-10(9)15/h4-5,7,15H,2-3,6H2,1H3,(H,14,17). The zero-order chi connectivity index (χ0) is 13.5. The lowest BCUT2D eigenvalue weighted by atomic mass is 10.2. The summed E-state index contributed by atoms with van der Waals surface area (Å²) in [6.07, 6.45) is 0.744. The van der Waals surface area contributed by atoms with Crippen molar-refractivity contribution < 1.29 is 19.4 Å². The van der Waals surface area contributed by atoms with Gasteiger partial charge in [0.25, 0.3) is 5.91 Å². The second-order valence-electron chi connectivity index (χ2n) is 3.60. The Hall–Kier alpha value is -1.56. The van der Waals surface area contributed by atoms with Gasteiger partial charge in [-0.25, -0.2) is 0 Å². The van der Waals surface area contributed by atoms with Crippen LogP contribution >= 0.6 is 15.9 Å². The molecule has 1 amide bonds. The van der Waals surface area contributed by atoms with Gasteiger partial charge in [0.05, 0.1) is 12.7 Å². The van der Waals surface area contributed by atoms with Gasteiger partial charge in [0.15, 0.2) is 0 Å². The molecule has 0 bridgehead atoms. The summed E-state index contributed by atoms with van der Waals surface area (Å²) in [7, 11) is 1.32. The molecule has 0 unspecified atom stereocenters. The van der Waals surface area contributed by atoms with Crippen LogP contribution in [-0.4, -0.2) is 30.6 Å². The highest BCUT2D eigenvalue weighted by atomic mass is 79.9. The van der Waals surface area contributed by atoms with E-state index < -0.39 is 0 Å². The number of halogens is 1. The summed E-state index contributed by atoms with van der Waals surface area (Å²) in [4.78, 5) is 22.6. The van der Waals surface area contributed by atoms with Gasteiger partial charge in [0.1, 0.15) is 5.75 Å². The van der Waals surface area contributed by atoms with E-state index in [-0.39, 0.29) is 29.6 Å². The van der Waals surface area contributed by atoms with Gasteiger partial charge < -0.3 is 15.2 Å². The molecule has 0 aliphatic rings. The van der Waals surface area contributed by atoms with Crippen LogP contribution in [0.2, 0.25) is 0 Å². The van der Waals surface area contributed by atoms with Gasteiger partial charge in [0.2, 0.25) is 0 Å². The largest absolute Gasteiger partial charge is 0.507 e. The minimum atomic E-state index is -0.376. The van der Waals surface area contributed by atoms with E-state index in [9.17, 15) is 14.7 Å². The van der Waals surface area contributed by atoms with Gasteiger partial charge >= 0.3 is 5.97 Å². The molecule has 0 aliphatic heterocycles. The van der Waals surface area contributed by atoms with Gasteiger partial charge in [-0.05, 0) is 24.6 Å². The zero-order valence-corrected chi connectivity index (χ0v) is 11.5. The Labute approximate surface area is 113 Å². The number of benzene rings is 1. The van der Waals surface area contributed by atoms with E-state index in [0.717, 1.165) is 0 Å². The van der Waals surface area contributed by atoms with Crippen molar-refractivity contribution in [2.24, 2.45) is 0 Å². The molecule has 1 aromatic rings. The summed E-state index contributed by atoms with van der Waals surface area (Å²) in [5, 5.41) is 12.2. The van der Waals surface area contributed by atoms with Gasteiger partial charge in [-0.1, -0.05) is 15.9 Å². The van der Waals surface area contributed by atoms with Crippen molar-refractivity contribution in [1.29, 1.82) is 0 Å². The van der Waals surface area contributed by atoms with Gasteiger partial charge in [0, 0.05) is 17.4 Å². The highest BCUT2D eigenvalue weighted by Gasteiger charge is 2.11. The lowest BCUT2D eigenvalue weighted by Gasteiger charge is -2.06. The van der Waals surface area contributed by atoms with E-state index in [2.05, 4.69) is 26.0 Å². The van der Waals surface area contributed by atoms with Crippen LogP contribution in [0, 0.1) is 0 Å². The number of hydrogen-bond acceptors (Lipinski definition) is 4. The predicted molar refractivity (Wildman–Crippen MR) is 69.4 cm³/mol. The fourth-order valence-corrected chi connectivity index (χ4v) is 1.68. The maximum atomic E-state index is 11.7. The summed E-state index contributed by atoms with van der Waals surface area (Å²) in [6, 6.07) is 4.61. The average Bonchev–Trinajstić information content (AvgIpc) is 2.36. The van der Waals surface area contributed by atoms with E-state index in [0.29, 0.717) is 17.4 Å². The Morgan fingerprint density at radius 2 is 2.17 bits per heavy atom. The monoisotopic (exact) mass is 315 g/mol. The Morgan fingerprint density at radius 3 is 2.83 bits per heavy atom. The molecule has 0 radical (unpaired) electrons. The SMILES string of the molecule is COC(=O)CCCNC(=O)c1cc(Br)ccc1O. The van der Waals surface area contributed by atoms with E-state index in [4.69, 9.17) is 0 Å². The molecular formula is C12H14BrNO4. The van der Waals surface area contributed by atoms with Crippen LogP contribution in [0.5, 0.6) is 5.75 Å². The quantitative estimate of drug-likeness (QED) is 0.642. The van der Waals surface area contributed by atoms with Gasteiger partial charge in [-0.15, -0.1) is 0 Å². The summed E-state index contributed by atoms with van der Waals surface area (Å²) in [5.41, 5.74) is 0.197. The molecule has 2 N–H and O–H groups in total. The molecule has 1 rings (SSSR count). The smallest absolute Gasteiger partial charge is 0.305 e. The summed E-state index contributed by atoms with van der Waals surface area (Å²) >= 11 is 3.22. The highest BCUT2D eigenvalue weighted by Crippen LogP contribution is 2.21. The van der Waals surface area contributed by atoms with Crippen molar-refractivity contribution in [3.05, 3.63) is 28.2 Å². The maximum absolute atomic E-state index is 11.7. The number of esters is 1. The van der Waals surface area contributed by atoms with E-state index in [1.807, 2.05) is 0 Å². The molecular weight excluding hydrogens is 302 g/mol. The zero-order valence-electron chi connectivity index (χ0n) is 9.90. The molecule has 0 heterocycles. The van der Waals surface area contributed by atoms with E-state index >= 15 is 0 Å². The predicted octanol–water partition coefficient (Wildman–Crippen LogP) is 1.84. The van der Waals surface area contributed by atoms with E-state index in [1.165, 1.54) is 19.2 Å². The fraction of sp³-hybridized carbons (Fsp3) is 0.333. The Kier molecular flexibility index (Phi) is 5.64. The van der Waals surface area contributed by atoms with Crippen molar-refractivity contribution in [3.8, 4) is 5.75 Å². The first kappa shape index (κ1) is 14.5. The van der Waals surface area contributed by atoms with Crippen LogP contribution in [-0.2, 0) is 9.53 Å². The number of methoxy groups -OCH3 is 1. The van der Waals surface area contributed by atoms with Crippen LogP contribution < -0.4 is 5.32 Å². The number of nitrogens with one attached hydrogen (secondary N) is 1. The average molecular weight is 316 g/mol. The van der Waals surface area contributed by atoms with Crippen LogP contribution in [0.4, 0.5) is 0 Å². The van der Waals surface area contributed by atoms with Crippen LogP contribution in [0.1, 0.15) is 23.2 Å². The lowest BCUT2D eigenvalue weighted by molar-refractivity contribution is -0.140. The first-order chi connectivity index (χ1) is 8.54. The van der Waals surface area contributed by atoms with Crippen LogP contribution in [0.15, 0.2) is 22.7 Å². The van der Waals surface area contributed by atoms with Crippen LogP contribution in [0.3, 0.4) is 0 Å². The normalized spacial score (nSPS) is 9.89. The van der Waals surface area contributed by atoms with Crippen molar-refractivity contribution in [3.63, 3.8) is 0 Å². The fourth-order valence-electron chi connectivity index (χ4n) is 1.32. The summed E-state index contributed by atoms with van der Waals surface area (Å²) in [6.45, 7) is 0.347. The molecule has 1 aromatic carbocycles. The summed E-state index contributed by atoms with van der Waals surface area (Å²) < 4.78 is 5.19. The number of phenolic OH excluding ortho intramolecular Hbond substituents is 1. The lowest BCUT2D eigenvalue weighted by Crippen LogP contribution is -2.25. The molecule has 18 heavy (non-hydrogen) atoms. The highest BCUT2D eigenvalue weighted by molar-refractivity contribution is 9.10. The number of aromatic hydroxyl groups is 1. The molecule has 98 valence electrons. The molecule has 0 saturated heterocycles. The molecule has 6 heteroatoms. The minimum absolute atomic E-state index is 0.0799. The number of ether oxygens (including phenoxy) is 1. The molecule has 0 atom stereocenters. The second-order valence-corrected chi connectivity index (χ2v) is 4.51. The number of carbonyl (C=O) groups excluding carboxylic acids is 2. The van der Waals surface area contributed by atoms with Gasteiger partial charge in [-0.3, -0.25) is 9.59 Å². The Balaban J connectivity index is 2.46. The van der Waals surface area contributed by atoms with Gasteiger partial charge in [-0.2, -0.15) is 0 Å². The molecule has 0 aliphatic carbocycles. The number of hydrogen-bond donors (Lipinski definition) is 2. The molecule has 0 fully saturated rings. The molecule has 0 saturated carbocycles. The van der Waals surface area contributed by atoms with Crippen molar-refractivity contribution in [2.75, 3.05) is 13.7 Å². The number of amides is 1. The topological polar surface area (TPSA) is 75.6 Å². The van der Waals surface area contributed by atoms with Crippen molar-refractivity contribution >= 4 is 27.8 Å². The number of phenols is 1. The van der Waals surface area contributed by atoms with Crippen molar-refractivity contribution in [2.45, 2.75) is 12.8 Å². The third kappa shape index (κ3) is 4.37. The Morgan fingerprint density at radius 1 is 1.44 bits per heavy atom. The third-order valence-electron chi connectivity index (χ3n) is 2.27. The third-order valence-corrected chi connectivity index (χ3v) is 2.77. The first-order valence-corrected chi connectivity index (χ1v) is 6.17. The first-order valence-electron chi connectivity index (χ1n) is 5.38. The summed E-state index contributed by atoms with van der Waals surface area (Å²) in [5.74, 6) is -0.767.